The van der Waals surface area contributed by atoms with Crippen molar-refractivity contribution in [1.29, 1.82) is 0 Å². The van der Waals surface area contributed by atoms with E-state index in [9.17, 15) is 18.5 Å². The largest absolute Gasteiger partial charge is 0.273 e. The third-order valence-electron chi connectivity index (χ3n) is 2.71. The zero-order valence-corrected chi connectivity index (χ0v) is 11.8. The van der Waals surface area contributed by atoms with Crippen LogP contribution in [-0.4, -0.2) is 13.3 Å². The topological polar surface area (TPSA) is 77.3 Å². The van der Waals surface area contributed by atoms with Crippen LogP contribution in [0.25, 0.3) is 0 Å². The molecule has 104 valence electrons. The first-order valence-electron chi connectivity index (χ1n) is 5.61. The van der Waals surface area contributed by atoms with E-state index in [0.717, 1.165) is 0 Å². The highest BCUT2D eigenvalue weighted by Gasteiger charge is 2.21. The van der Waals surface area contributed by atoms with Crippen LogP contribution in [-0.2, 0) is 15.6 Å². The summed E-state index contributed by atoms with van der Waals surface area (Å²) in [6.07, 6.45) is 0. The van der Waals surface area contributed by atoms with Gasteiger partial charge in [0, 0.05) is 16.7 Å². The van der Waals surface area contributed by atoms with E-state index in [4.69, 9.17) is 11.6 Å². The fourth-order valence-corrected chi connectivity index (χ4v) is 3.24. The molecule has 0 spiro atoms. The van der Waals surface area contributed by atoms with Gasteiger partial charge in [0.25, 0.3) is 5.69 Å². The Morgan fingerprint density at radius 3 is 2.25 bits per heavy atom. The highest BCUT2D eigenvalue weighted by Crippen LogP contribution is 2.24. The van der Waals surface area contributed by atoms with Gasteiger partial charge < -0.3 is 0 Å². The Morgan fingerprint density at radius 2 is 1.65 bits per heavy atom. The molecule has 2 aromatic rings. The molecule has 0 aliphatic carbocycles. The van der Waals surface area contributed by atoms with Crippen molar-refractivity contribution in [3.8, 4) is 0 Å². The molecule has 2 rings (SSSR count). The minimum Gasteiger partial charge on any atom is -0.258 e. The van der Waals surface area contributed by atoms with Gasteiger partial charge in [-0.1, -0.05) is 29.8 Å². The number of hydrogen-bond acceptors (Lipinski definition) is 4. The van der Waals surface area contributed by atoms with Gasteiger partial charge >= 0.3 is 0 Å². The summed E-state index contributed by atoms with van der Waals surface area (Å²) in [5.74, 6) is -0.425. The predicted molar refractivity (Wildman–Crippen MR) is 75.4 cm³/mol. The van der Waals surface area contributed by atoms with E-state index < -0.39 is 20.5 Å². The van der Waals surface area contributed by atoms with Crippen molar-refractivity contribution in [3.05, 3.63) is 69.2 Å². The fraction of sp³-hybridized carbons (Fsp3) is 0.0769. The van der Waals surface area contributed by atoms with Crippen molar-refractivity contribution in [1.82, 2.24) is 0 Å². The zero-order chi connectivity index (χ0) is 14.8. The molecule has 0 N–H and O–H groups in total. The fourth-order valence-electron chi connectivity index (χ4n) is 1.74. The van der Waals surface area contributed by atoms with E-state index in [1.54, 1.807) is 6.07 Å². The molecule has 7 heteroatoms. The molecule has 0 unspecified atom stereocenters. The van der Waals surface area contributed by atoms with E-state index >= 15 is 0 Å². The summed E-state index contributed by atoms with van der Waals surface area (Å²) in [6, 6.07) is 11.5. The van der Waals surface area contributed by atoms with Crippen LogP contribution in [0, 0.1) is 10.1 Å². The SMILES string of the molecule is O=[N+]([O-])c1ccccc1CS(=O)(=O)c1ccc(Cl)cc1. The Hall–Kier alpha value is -1.92. The summed E-state index contributed by atoms with van der Waals surface area (Å²) in [4.78, 5) is 10.4. The Kier molecular flexibility index (Phi) is 4.06. The predicted octanol–water partition coefficient (Wildman–Crippen LogP) is 3.22. The van der Waals surface area contributed by atoms with Gasteiger partial charge in [0.05, 0.1) is 15.6 Å². The first-order valence-corrected chi connectivity index (χ1v) is 7.64. The van der Waals surface area contributed by atoms with E-state index in [1.807, 2.05) is 0 Å². The van der Waals surface area contributed by atoms with Crippen LogP contribution < -0.4 is 0 Å². The number of hydrogen-bond donors (Lipinski definition) is 0. The van der Waals surface area contributed by atoms with Gasteiger partial charge in [-0.15, -0.1) is 0 Å². The second kappa shape index (κ2) is 5.60. The molecule has 0 aliphatic heterocycles. The maximum atomic E-state index is 12.2. The van der Waals surface area contributed by atoms with Crippen molar-refractivity contribution in [2.75, 3.05) is 0 Å². The molecule has 0 aromatic heterocycles. The van der Waals surface area contributed by atoms with E-state index in [2.05, 4.69) is 0 Å². The Labute approximate surface area is 120 Å². The van der Waals surface area contributed by atoms with Gasteiger partial charge in [-0.05, 0) is 24.3 Å². The number of benzene rings is 2. The number of para-hydroxylation sites is 1. The standard InChI is InChI=1S/C13H10ClNO4S/c14-11-5-7-12(8-6-11)20(18,19)9-10-3-1-2-4-13(10)15(16)17/h1-8H,9H2. The van der Waals surface area contributed by atoms with Crippen molar-refractivity contribution in [3.63, 3.8) is 0 Å². The van der Waals surface area contributed by atoms with Gasteiger partial charge in [-0.2, -0.15) is 0 Å². The molecule has 5 nitrogen and oxygen atoms in total. The van der Waals surface area contributed by atoms with Crippen LogP contribution in [0.2, 0.25) is 5.02 Å². The molecule has 0 fully saturated rings. The smallest absolute Gasteiger partial charge is 0.258 e. The van der Waals surface area contributed by atoms with Crippen LogP contribution >= 0.6 is 11.6 Å². The third kappa shape index (κ3) is 3.15. The van der Waals surface area contributed by atoms with Crippen molar-refractivity contribution in [2.45, 2.75) is 10.6 Å². The van der Waals surface area contributed by atoms with Crippen LogP contribution in [0.3, 0.4) is 0 Å². The highest BCUT2D eigenvalue weighted by molar-refractivity contribution is 7.90. The lowest BCUT2D eigenvalue weighted by molar-refractivity contribution is -0.385. The van der Waals surface area contributed by atoms with Gasteiger partial charge in [-0.25, -0.2) is 8.42 Å². The number of nitro benzene ring substituents is 1. The maximum Gasteiger partial charge on any atom is 0.273 e. The van der Waals surface area contributed by atoms with E-state index in [1.165, 1.54) is 42.5 Å². The number of halogens is 1. The zero-order valence-electron chi connectivity index (χ0n) is 10.2. The summed E-state index contributed by atoms with van der Waals surface area (Å²) >= 11 is 5.70. The molecule has 0 saturated carbocycles. The van der Waals surface area contributed by atoms with Gasteiger partial charge in [0.2, 0.25) is 0 Å². The van der Waals surface area contributed by atoms with Crippen molar-refractivity contribution >= 4 is 27.1 Å². The van der Waals surface area contributed by atoms with Crippen molar-refractivity contribution in [2.24, 2.45) is 0 Å². The number of sulfone groups is 1. The molecule has 0 aliphatic rings. The second-order valence-electron chi connectivity index (χ2n) is 4.10. The van der Waals surface area contributed by atoms with Crippen molar-refractivity contribution < 1.29 is 13.3 Å². The number of nitro groups is 1. The normalized spacial score (nSPS) is 11.2. The highest BCUT2D eigenvalue weighted by atomic mass is 35.5. The first kappa shape index (κ1) is 14.5. The molecule has 0 bridgehead atoms. The molecule has 2 aromatic carbocycles. The average molecular weight is 312 g/mol. The van der Waals surface area contributed by atoms with Crippen LogP contribution in [0.1, 0.15) is 5.56 Å². The molecule has 20 heavy (non-hydrogen) atoms. The first-order chi connectivity index (χ1) is 9.40. The number of rotatable bonds is 4. The maximum absolute atomic E-state index is 12.2. The summed E-state index contributed by atoms with van der Waals surface area (Å²) in [7, 11) is -3.65. The molecular formula is C13H10ClNO4S. The molecule has 0 atom stereocenters. The van der Waals surface area contributed by atoms with E-state index in [-0.39, 0.29) is 16.1 Å². The minimum absolute atomic E-state index is 0.0834. The third-order valence-corrected chi connectivity index (χ3v) is 4.64. The second-order valence-corrected chi connectivity index (χ2v) is 6.52. The molecule has 0 saturated heterocycles. The molecule has 0 amide bonds. The Balaban J connectivity index is 2.38. The monoisotopic (exact) mass is 311 g/mol. The summed E-state index contributed by atoms with van der Waals surface area (Å²) < 4.78 is 24.4. The summed E-state index contributed by atoms with van der Waals surface area (Å²) in [6.45, 7) is 0. The van der Waals surface area contributed by atoms with E-state index in [0.29, 0.717) is 5.02 Å². The molecule has 0 heterocycles. The van der Waals surface area contributed by atoms with Gasteiger partial charge in [0.1, 0.15) is 0 Å². The lowest BCUT2D eigenvalue weighted by Crippen LogP contribution is -2.06. The number of nitrogens with zero attached hydrogens (tertiary/aromatic N) is 1. The Bertz CT molecular complexity index is 741. The summed E-state index contributed by atoms with van der Waals surface area (Å²) in [5, 5.41) is 11.3. The minimum atomic E-state index is -3.65. The quantitative estimate of drug-likeness (QED) is 0.641. The lowest BCUT2D eigenvalue weighted by Gasteiger charge is -2.05. The molecule has 0 radical (unpaired) electrons. The summed E-state index contributed by atoms with van der Waals surface area (Å²) in [5.41, 5.74) is -0.0440. The van der Waals surface area contributed by atoms with Gasteiger partial charge in [-0.3, -0.25) is 10.1 Å². The van der Waals surface area contributed by atoms with Gasteiger partial charge in [0.15, 0.2) is 9.84 Å². The van der Waals surface area contributed by atoms with Crippen LogP contribution in [0.5, 0.6) is 0 Å². The lowest BCUT2D eigenvalue weighted by atomic mass is 10.2. The average Bonchev–Trinajstić information content (AvgIpc) is 2.39. The Morgan fingerprint density at radius 1 is 1.05 bits per heavy atom. The van der Waals surface area contributed by atoms with Crippen LogP contribution in [0.4, 0.5) is 5.69 Å². The van der Waals surface area contributed by atoms with Crippen LogP contribution in [0.15, 0.2) is 53.4 Å². The molecular weight excluding hydrogens is 302 g/mol.